The van der Waals surface area contributed by atoms with Crippen LogP contribution >= 0.6 is 11.6 Å². The Morgan fingerprint density at radius 3 is 2.38 bits per heavy atom. The zero-order valence-electron chi connectivity index (χ0n) is 37.4. The van der Waals surface area contributed by atoms with Gasteiger partial charge in [-0.25, -0.2) is 13.8 Å². The zero-order chi connectivity index (χ0) is 46.5. The Kier molecular flexibility index (Phi) is 12.4. The summed E-state index contributed by atoms with van der Waals surface area (Å²) in [6.07, 6.45) is 6.33. The molecule has 1 atom stereocenters. The minimum atomic E-state index is -1.36. The fraction of sp³-hybridized carbons (Fsp3) is 0.511. The molecule has 16 nitrogen and oxygen atoms in total. The van der Waals surface area contributed by atoms with Gasteiger partial charge >= 0.3 is 0 Å². The van der Waals surface area contributed by atoms with Crippen LogP contribution in [0.5, 0.6) is 5.75 Å². The number of hydrogen-bond acceptors (Lipinski definition) is 12. The summed E-state index contributed by atoms with van der Waals surface area (Å²) in [5.41, 5.74) is 1.22. The smallest absolute Gasteiger partial charge is 0.293 e. The lowest BCUT2D eigenvalue weighted by molar-refractivity contribution is -0.137. The summed E-state index contributed by atoms with van der Waals surface area (Å²) in [7, 11) is 1.50. The third-order valence-corrected chi connectivity index (χ3v) is 14.6. The Morgan fingerprint density at radius 2 is 1.68 bits per heavy atom. The van der Waals surface area contributed by atoms with Gasteiger partial charge in [0.25, 0.3) is 17.4 Å². The molecule has 19 heteroatoms. The number of carbonyl (C=O) groups excluding carboxylic acids is 4. The normalized spacial score (nSPS) is 20.8. The van der Waals surface area contributed by atoms with Crippen LogP contribution in [0.15, 0.2) is 47.4 Å². The van der Waals surface area contributed by atoms with Crippen molar-refractivity contribution in [2.75, 3.05) is 74.6 Å². The number of pyridine rings is 1. The summed E-state index contributed by atoms with van der Waals surface area (Å²) in [6, 6.07) is 9.23. The molecule has 4 amide bonds. The van der Waals surface area contributed by atoms with E-state index in [1.807, 2.05) is 36.9 Å². The molecule has 4 aromatic rings. The number of rotatable bonds is 11. The molecule has 0 radical (unpaired) electrons. The predicted octanol–water partition coefficient (Wildman–Crippen LogP) is 5.49. The first kappa shape index (κ1) is 45.3. The number of hydrogen-bond donors (Lipinski definition) is 3. The number of benzene rings is 2. The first-order valence-electron chi connectivity index (χ1n) is 22.8. The third-order valence-electron chi connectivity index (χ3n) is 14.3. The summed E-state index contributed by atoms with van der Waals surface area (Å²) in [4.78, 5) is 80.0. The maximum Gasteiger partial charge on any atom is 0.293 e. The van der Waals surface area contributed by atoms with Gasteiger partial charge < -0.3 is 39.5 Å². The van der Waals surface area contributed by atoms with E-state index in [-0.39, 0.29) is 66.1 Å². The standard InChI is InChI=1S/C47H55ClF2N10O6/c1-28(2)60-34-6-4-30(22-29(34)23-37(43(60)64)66-26-39(62)51-3)53-41-32(48)24-52-45(55-41)58-20-14-47(50,15-21-58)27-56-16-10-46(11-17-56)12-18-57(19-13-46)35-7-5-33(49)40-31(35)25-59(44(40)65)36-8-9-38(61)54-42(36)63/h4-7,22-24,28,36H,8-21,25-27H2,1-3H3,(H,51,62)(H,52,53,55)(H,54,61,63). The van der Waals surface area contributed by atoms with E-state index in [1.54, 1.807) is 16.7 Å². The molecule has 350 valence electrons. The van der Waals surface area contributed by atoms with Gasteiger partial charge in [0, 0.05) is 93.9 Å². The number of likely N-dealkylation sites (N-methyl/N-ethyl adjacent to an activating group) is 1. The zero-order valence-corrected chi connectivity index (χ0v) is 38.2. The number of anilines is 4. The molecule has 5 aliphatic rings. The van der Waals surface area contributed by atoms with E-state index >= 15 is 8.78 Å². The van der Waals surface area contributed by atoms with Gasteiger partial charge in [-0.1, -0.05) is 11.6 Å². The number of fused-ring (bicyclic) bond motifs is 2. The number of piperidine rings is 4. The highest BCUT2D eigenvalue weighted by Crippen LogP contribution is 2.45. The van der Waals surface area contributed by atoms with Gasteiger partial charge in [0.05, 0.1) is 17.3 Å². The van der Waals surface area contributed by atoms with Gasteiger partial charge in [-0.15, -0.1) is 0 Å². The van der Waals surface area contributed by atoms with Gasteiger partial charge in [0.15, 0.2) is 18.2 Å². The van der Waals surface area contributed by atoms with E-state index in [9.17, 15) is 24.0 Å². The maximum absolute atomic E-state index is 16.6. The van der Waals surface area contributed by atoms with Crippen LogP contribution in [0.4, 0.5) is 31.9 Å². The summed E-state index contributed by atoms with van der Waals surface area (Å²) in [5.74, 6) is -1.47. The Bertz CT molecular complexity index is 2640. The average Bonchev–Trinajstić information content (AvgIpc) is 3.64. The first-order chi connectivity index (χ1) is 31.6. The molecule has 0 bridgehead atoms. The number of halogens is 3. The van der Waals surface area contributed by atoms with Crippen LogP contribution in [0.2, 0.25) is 5.02 Å². The molecular formula is C47H55ClF2N10O6. The topological polar surface area (TPSA) is 174 Å². The molecule has 3 N–H and O–H groups in total. The summed E-state index contributed by atoms with van der Waals surface area (Å²) in [6.45, 7) is 7.99. The molecule has 7 heterocycles. The van der Waals surface area contributed by atoms with Crippen LogP contribution in [-0.4, -0.2) is 119 Å². The highest BCUT2D eigenvalue weighted by Gasteiger charge is 2.45. The Hall–Kier alpha value is -5.88. The lowest BCUT2D eigenvalue weighted by atomic mass is 9.71. The first-order valence-corrected chi connectivity index (χ1v) is 23.2. The van der Waals surface area contributed by atoms with Crippen LogP contribution in [0.3, 0.4) is 0 Å². The lowest BCUT2D eigenvalue weighted by Gasteiger charge is -2.49. The van der Waals surface area contributed by atoms with Crippen molar-refractivity contribution in [2.45, 2.75) is 89.5 Å². The number of alkyl halides is 1. The molecule has 66 heavy (non-hydrogen) atoms. The number of ether oxygens (including phenoxy) is 1. The number of likely N-dealkylation sites (tertiary alicyclic amines) is 1. The maximum atomic E-state index is 16.6. The van der Waals surface area contributed by atoms with Crippen molar-refractivity contribution in [3.05, 3.63) is 74.9 Å². The molecule has 0 saturated carbocycles. The highest BCUT2D eigenvalue weighted by atomic mass is 35.5. The Morgan fingerprint density at radius 1 is 0.970 bits per heavy atom. The Balaban J connectivity index is 0.783. The number of nitrogens with one attached hydrogen (secondary N) is 3. The number of nitrogens with zero attached hydrogens (tertiary/aromatic N) is 7. The molecule has 2 aromatic carbocycles. The van der Waals surface area contributed by atoms with Crippen LogP contribution in [0, 0.1) is 11.2 Å². The molecule has 1 spiro atoms. The second kappa shape index (κ2) is 18.1. The molecule has 4 saturated heterocycles. The minimum Gasteiger partial charge on any atom is -0.478 e. The number of imide groups is 1. The van der Waals surface area contributed by atoms with Gasteiger partial charge in [0.2, 0.25) is 17.8 Å². The monoisotopic (exact) mass is 928 g/mol. The van der Waals surface area contributed by atoms with E-state index in [0.29, 0.717) is 71.4 Å². The predicted molar refractivity (Wildman–Crippen MR) is 246 cm³/mol. The summed E-state index contributed by atoms with van der Waals surface area (Å²) >= 11 is 6.59. The van der Waals surface area contributed by atoms with Gasteiger partial charge in [0.1, 0.15) is 22.6 Å². The van der Waals surface area contributed by atoms with E-state index in [2.05, 4.69) is 30.7 Å². The van der Waals surface area contributed by atoms with Gasteiger partial charge in [-0.2, -0.15) is 4.98 Å². The molecule has 1 unspecified atom stereocenters. The largest absolute Gasteiger partial charge is 0.478 e. The number of carbonyl (C=O) groups is 4. The van der Waals surface area contributed by atoms with E-state index in [1.165, 1.54) is 24.2 Å². The number of amides is 4. The molecule has 9 rings (SSSR count). The van der Waals surface area contributed by atoms with Crippen LogP contribution in [-0.2, 0) is 20.9 Å². The average molecular weight is 929 g/mol. The van der Waals surface area contributed by atoms with Gasteiger partial charge in [-0.3, -0.25) is 29.3 Å². The van der Waals surface area contributed by atoms with Crippen LogP contribution < -0.4 is 36.0 Å². The summed E-state index contributed by atoms with van der Waals surface area (Å²) in [5, 5.41) is 9.10. The SMILES string of the molecule is CNC(=O)COc1cc2cc(Nc3nc(N4CCC(F)(CN5CCC6(CC5)CCN(c5ccc(F)c7c5CN(C5CCC(=O)NC5=O)C7=O)CC6)CC4)ncc3Cl)ccc2n(C(C)C)c1=O. The third kappa shape index (κ3) is 8.88. The minimum absolute atomic E-state index is 0.0153. The highest BCUT2D eigenvalue weighted by molar-refractivity contribution is 6.33. The van der Waals surface area contributed by atoms with Crippen molar-refractivity contribution >= 4 is 69.3 Å². The summed E-state index contributed by atoms with van der Waals surface area (Å²) < 4.78 is 38.9. The molecule has 5 aliphatic heterocycles. The lowest BCUT2D eigenvalue weighted by Crippen LogP contribution is -2.52. The van der Waals surface area contributed by atoms with Crippen LogP contribution in [0.1, 0.15) is 87.2 Å². The second-order valence-electron chi connectivity index (χ2n) is 18.7. The van der Waals surface area contributed by atoms with Gasteiger partial charge in [-0.05, 0) is 101 Å². The fourth-order valence-electron chi connectivity index (χ4n) is 10.5. The molecular weight excluding hydrogens is 874 g/mol. The van der Waals surface area contributed by atoms with E-state index in [4.69, 9.17) is 21.3 Å². The van der Waals surface area contributed by atoms with Crippen molar-refractivity contribution in [3.63, 3.8) is 0 Å². The van der Waals surface area contributed by atoms with Crippen LogP contribution in [0.25, 0.3) is 10.9 Å². The van der Waals surface area contributed by atoms with Crippen molar-refractivity contribution in [2.24, 2.45) is 5.41 Å². The molecule has 4 fully saturated rings. The molecule has 0 aliphatic carbocycles. The van der Waals surface area contributed by atoms with E-state index < -0.39 is 29.3 Å². The van der Waals surface area contributed by atoms with Crippen molar-refractivity contribution in [1.82, 2.24) is 35.0 Å². The van der Waals surface area contributed by atoms with Crippen molar-refractivity contribution < 1.29 is 32.7 Å². The fourth-order valence-corrected chi connectivity index (χ4v) is 10.6. The quantitative estimate of drug-likeness (QED) is 0.162. The van der Waals surface area contributed by atoms with Crippen molar-refractivity contribution in [3.8, 4) is 5.75 Å². The second-order valence-corrected chi connectivity index (χ2v) is 19.1. The van der Waals surface area contributed by atoms with E-state index in [0.717, 1.165) is 57.5 Å². The molecule has 2 aromatic heterocycles. The van der Waals surface area contributed by atoms with Crippen molar-refractivity contribution in [1.29, 1.82) is 0 Å². The Labute approximate surface area is 386 Å². The number of aromatic nitrogens is 3.